The van der Waals surface area contributed by atoms with Gasteiger partial charge < -0.3 is 10.6 Å². The minimum atomic E-state index is -0.270. The van der Waals surface area contributed by atoms with Crippen LogP contribution in [0, 0.1) is 0 Å². The second-order valence-electron chi connectivity index (χ2n) is 3.05. The predicted molar refractivity (Wildman–Crippen MR) is 44.1 cm³/mol. The molecule has 1 saturated heterocycles. The highest BCUT2D eigenvalue weighted by atomic mass is 16.2. The molecule has 0 bridgehead atoms. The summed E-state index contributed by atoms with van der Waals surface area (Å²) in [5.41, 5.74) is 5.61. The number of hydrogen-bond donors (Lipinski definition) is 1. The smallest absolute Gasteiger partial charge is 0.239 e. The molecule has 0 aliphatic carbocycles. The van der Waals surface area contributed by atoms with Crippen molar-refractivity contribution < 1.29 is 4.79 Å². The van der Waals surface area contributed by atoms with E-state index >= 15 is 0 Å². The lowest BCUT2D eigenvalue weighted by atomic mass is 10.2. The summed E-state index contributed by atoms with van der Waals surface area (Å²) in [6, 6.07) is -0.270. The molecule has 1 atom stereocenters. The van der Waals surface area contributed by atoms with Crippen LogP contribution < -0.4 is 5.73 Å². The molecule has 0 aromatic heterocycles. The van der Waals surface area contributed by atoms with Gasteiger partial charge in [-0.1, -0.05) is 6.92 Å². The molecule has 1 aliphatic rings. The number of carbonyl (C=O) groups excluding carboxylic acids is 1. The Morgan fingerprint density at radius 2 is 2.09 bits per heavy atom. The van der Waals surface area contributed by atoms with Gasteiger partial charge in [0.15, 0.2) is 0 Å². The molecule has 3 heteroatoms. The van der Waals surface area contributed by atoms with Crippen LogP contribution in [0.4, 0.5) is 0 Å². The highest BCUT2D eigenvalue weighted by Gasteiger charge is 2.21. The zero-order valence-electron chi connectivity index (χ0n) is 7.05. The molecule has 1 unspecified atom stereocenters. The van der Waals surface area contributed by atoms with Gasteiger partial charge in [0, 0.05) is 13.1 Å². The molecule has 0 saturated carbocycles. The predicted octanol–water partition coefficient (Wildman–Crippen LogP) is 0.346. The number of rotatable bonds is 2. The topological polar surface area (TPSA) is 46.3 Å². The number of carbonyl (C=O) groups is 1. The first-order valence-electron chi connectivity index (χ1n) is 4.30. The molecule has 64 valence electrons. The van der Waals surface area contributed by atoms with Gasteiger partial charge in [0.2, 0.25) is 5.91 Å². The van der Waals surface area contributed by atoms with Gasteiger partial charge >= 0.3 is 0 Å². The van der Waals surface area contributed by atoms with Gasteiger partial charge in [0.1, 0.15) is 0 Å². The standard InChI is InChI=1S/C8H16N2O/c1-2-7(9)8(11)10-5-3-4-6-10/h7H,2-6,9H2,1H3. The van der Waals surface area contributed by atoms with E-state index in [2.05, 4.69) is 0 Å². The van der Waals surface area contributed by atoms with Crippen LogP contribution in [0.2, 0.25) is 0 Å². The average molecular weight is 156 g/mol. The third-order valence-electron chi connectivity index (χ3n) is 2.17. The maximum atomic E-state index is 11.4. The highest BCUT2D eigenvalue weighted by molar-refractivity contribution is 5.81. The Bertz CT molecular complexity index is 141. The van der Waals surface area contributed by atoms with Gasteiger partial charge in [0.25, 0.3) is 0 Å². The second kappa shape index (κ2) is 3.72. The molecule has 0 aromatic carbocycles. The van der Waals surface area contributed by atoms with Gasteiger partial charge in [-0.25, -0.2) is 0 Å². The Morgan fingerprint density at radius 3 is 2.55 bits per heavy atom. The summed E-state index contributed by atoms with van der Waals surface area (Å²) in [7, 11) is 0. The van der Waals surface area contributed by atoms with Crippen LogP contribution in [-0.4, -0.2) is 29.9 Å². The van der Waals surface area contributed by atoms with E-state index in [1.165, 1.54) is 0 Å². The minimum absolute atomic E-state index is 0.130. The van der Waals surface area contributed by atoms with E-state index in [-0.39, 0.29) is 11.9 Å². The third kappa shape index (κ3) is 1.93. The summed E-state index contributed by atoms with van der Waals surface area (Å²) >= 11 is 0. The van der Waals surface area contributed by atoms with Gasteiger partial charge in [-0.2, -0.15) is 0 Å². The van der Waals surface area contributed by atoms with E-state index < -0.39 is 0 Å². The van der Waals surface area contributed by atoms with Crippen LogP contribution in [0.3, 0.4) is 0 Å². The zero-order chi connectivity index (χ0) is 8.27. The van der Waals surface area contributed by atoms with E-state index in [1.807, 2.05) is 11.8 Å². The maximum absolute atomic E-state index is 11.4. The first-order valence-corrected chi connectivity index (χ1v) is 4.30. The first-order chi connectivity index (χ1) is 5.25. The summed E-state index contributed by atoms with van der Waals surface area (Å²) in [6.45, 7) is 3.76. The molecule has 0 aromatic rings. The van der Waals surface area contributed by atoms with Crippen LogP contribution in [0.5, 0.6) is 0 Å². The van der Waals surface area contributed by atoms with Gasteiger partial charge in [0.05, 0.1) is 6.04 Å². The molecule has 1 aliphatic heterocycles. The SMILES string of the molecule is CCC(N)C(=O)N1CCCC1. The van der Waals surface area contributed by atoms with E-state index in [0.717, 1.165) is 32.4 Å². The molecule has 1 fully saturated rings. The van der Waals surface area contributed by atoms with Crippen LogP contribution in [0.15, 0.2) is 0 Å². The van der Waals surface area contributed by atoms with Crippen molar-refractivity contribution in [3.63, 3.8) is 0 Å². The summed E-state index contributed by atoms with van der Waals surface area (Å²) in [4.78, 5) is 13.2. The molecule has 1 amide bonds. The quantitative estimate of drug-likeness (QED) is 0.627. The van der Waals surface area contributed by atoms with Crippen molar-refractivity contribution in [1.29, 1.82) is 0 Å². The lowest BCUT2D eigenvalue weighted by Crippen LogP contribution is -2.41. The number of likely N-dealkylation sites (tertiary alicyclic amines) is 1. The molecular formula is C8H16N2O. The van der Waals surface area contributed by atoms with Crippen molar-refractivity contribution in [2.75, 3.05) is 13.1 Å². The fourth-order valence-corrected chi connectivity index (χ4v) is 1.35. The van der Waals surface area contributed by atoms with Crippen molar-refractivity contribution >= 4 is 5.91 Å². The van der Waals surface area contributed by atoms with Crippen LogP contribution >= 0.6 is 0 Å². The molecule has 3 nitrogen and oxygen atoms in total. The Balaban J connectivity index is 2.39. The van der Waals surface area contributed by atoms with Crippen molar-refractivity contribution in [2.24, 2.45) is 5.73 Å². The minimum Gasteiger partial charge on any atom is -0.341 e. The normalized spacial score (nSPS) is 20.4. The van der Waals surface area contributed by atoms with Crippen LogP contribution in [0.1, 0.15) is 26.2 Å². The van der Waals surface area contributed by atoms with Crippen LogP contribution in [-0.2, 0) is 4.79 Å². The lowest BCUT2D eigenvalue weighted by Gasteiger charge is -2.18. The zero-order valence-corrected chi connectivity index (χ0v) is 7.05. The first kappa shape index (κ1) is 8.53. The Labute approximate surface area is 67.5 Å². The van der Waals surface area contributed by atoms with E-state index in [0.29, 0.717) is 0 Å². The molecular weight excluding hydrogens is 140 g/mol. The summed E-state index contributed by atoms with van der Waals surface area (Å²) in [5, 5.41) is 0. The van der Waals surface area contributed by atoms with Gasteiger partial charge in [-0.15, -0.1) is 0 Å². The maximum Gasteiger partial charge on any atom is 0.239 e. The largest absolute Gasteiger partial charge is 0.341 e. The Morgan fingerprint density at radius 1 is 1.55 bits per heavy atom. The molecule has 0 radical (unpaired) electrons. The number of hydrogen-bond acceptors (Lipinski definition) is 2. The van der Waals surface area contributed by atoms with Crippen molar-refractivity contribution in [3.8, 4) is 0 Å². The van der Waals surface area contributed by atoms with Crippen LogP contribution in [0.25, 0.3) is 0 Å². The average Bonchev–Trinajstić information content (AvgIpc) is 2.53. The second-order valence-corrected chi connectivity index (χ2v) is 3.05. The molecule has 1 rings (SSSR count). The lowest BCUT2D eigenvalue weighted by molar-refractivity contribution is -0.131. The summed E-state index contributed by atoms with van der Waals surface area (Å²) < 4.78 is 0. The molecule has 0 spiro atoms. The number of nitrogens with two attached hydrogens (primary N) is 1. The monoisotopic (exact) mass is 156 g/mol. The molecule has 1 heterocycles. The molecule has 2 N–H and O–H groups in total. The number of amides is 1. The highest BCUT2D eigenvalue weighted by Crippen LogP contribution is 2.08. The van der Waals surface area contributed by atoms with Crippen molar-refractivity contribution in [1.82, 2.24) is 4.90 Å². The van der Waals surface area contributed by atoms with E-state index in [1.54, 1.807) is 0 Å². The molecule has 11 heavy (non-hydrogen) atoms. The van der Waals surface area contributed by atoms with E-state index in [4.69, 9.17) is 5.73 Å². The fraction of sp³-hybridized carbons (Fsp3) is 0.875. The summed E-state index contributed by atoms with van der Waals surface area (Å²) in [6.07, 6.45) is 3.03. The van der Waals surface area contributed by atoms with E-state index in [9.17, 15) is 4.79 Å². The van der Waals surface area contributed by atoms with Gasteiger partial charge in [-0.3, -0.25) is 4.79 Å². The number of nitrogens with zero attached hydrogens (tertiary/aromatic N) is 1. The third-order valence-corrected chi connectivity index (χ3v) is 2.17. The Hall–Kier alpha value is -0.570. The van der Waals surface area contributed by atoms with Gasteiger partial charge in [-0.05, 0) is 19.3 Å². The van der Waals surface area contributed by atoms with Crippen molar-refractivity contribution in [2.45, 2.75) is 32.2 Å². The summed E-state index contributed by atoms with van der Waals surface area (Å²) in [5.74, 6) is 0.130. The fourth-order valence-electron chi connectivity index (χ4n) is 1.35. The Kier molecular flexibility index (Phi) is 2.88. The van der Waals surface area contributed by atoms with Crippen molar-refractivity contribution in [3.05, 3.63) is 0 Å².